The van der Waals surface area contributed by atoms with Gasteiger partial charge in [-0.15, -0.1) is 0 Å². The Kier molecular flexibility index (Phi) is 2.66. The molecule has 0 amide bonds. The monoisotopic (exact) mass is 149 g/mol. The zero-order valence-corrected chi connectivity index (χ0v) is 6.45. The molecule has 1 N–H and O–H groups in total. The highest BCUT2D eigenvalue weighted by Crippen LogP contribution is 2.13. The molecule has 1 atom stereocenters. The van der Waals surface area contributed by atoms with Crippen molar-refractivity contribution in [3.05, 3.63) is 35.9 Å². The average Bonchev–Trinajstić information content (AvgIpc) is 2.07. The lowest BCUT2D eigenvalue weighted by Crippen LogP contribution is -1.96. The second-order valence-electron chi connectivity index (χ2n) is 2.31. The molecule has 1 aromatic rings. The van der Waals surface area contributed by atoms with Crippen molar-refractivity contribution in [3.63, 3.8) is 0 Å². The van der Waals surface area contributed by atoms with Crippen LogP contribution in [0.2, 0.25) is 0 Å². The lowest BCUT2D eigenvalue weighted by molar-refractivity contribution is 0.223. The normalized spacial score (nSPS) is 12.1. The molecule has 0 aliphatic heterocycles. The van der Waals surface area contributed by atoms with Crippen molar-refractivity contribution < 1.29 is 4.74 Å². The summed E-state index contributed by atoms with van der Waals surface area (Å²) < 4.78 is 4.97. The molecular weight excluding hydrogens is 138 g/mol. The first-order chi connectivity index (χ1) is 5.34. The zero-order valence-electron chi connectivity index (χ0n) is 6.45. The summed E-state index contributed by atoms with van der Waals surface area (Å²) in [6.45, 7) is 1.92. The van der Waals surface area contributed by atoms with E-state index in [-0.39, 0.29) is 6.10 Å². The third kappa shape index (κ3) is 2.08. The van der Waals surface area contributed by atoms with Gasteiger partial charge in [0.1, 0.15) is 6.10 Å². The third-order valence-electron chi connectivity index (χ3n) is 1.54. The van der Waals surface area contributed by atoms with Crippen molar-refractivity contribution in [2.24, 2.45) is 0 Å². The molecule has 0 bridgehead atoms. The van der Waals surface area contributed by atoms with Gasteiger partial charge in [0.05, 0.1) is 0 Å². The van der Waals surface area contributed by atoms with Gasteiger partial charge < -0.3 is 4.74 Å². The number of nitrogens with one attached hydrogen (secondary N) is 1. The van der Waals surface area contributed by atoms with E-state index in [0.29, 0.717) is 0 Å². The van der Waals surface area contributed by atoms with Crippen LogP contribution < -0.4 is 0 Å². The summed E-state index contributed by atoms with van der Waals surface area (Å²) in [6.07, 6.45) is 0.950. The Labute approximate surface area is 66.3 Å². The van der Waals surface area contributed by atoms with Gasteiger partial charge in [-0.3, -0.25) is 5.41 Å². The topological polar surface area (TPSA) is 33.1 Å². The van der Waals surface area contributed by atoms with Gasteiger partial charge in [0.2, 0.25) is 0 Å². The van der Waals surface area contributed by atoms with Crippen molar-refractivity contribution in [2.45, 2.75) is 13.0 Å². The molecule has 0 aromatic heterocycles. The zero-order chi connectivity index (χ0) is 8.10. The first-order valence-electron chi connectivity index (χ1n) is 3.54. The molecule has 0 aliphatic rings. The van der Waals surface area contributed by atoms with E-state index in [1.807, 2.05) is 37.3 Å². The van der Waals surface area contributed by atoms with Crippen LogP contribution in [-0.2, 0) is 4.74 Å². The third-order valence-corrected chi connectivity index (χ3v) is 1.54. The van der Waals surface area contributed by atoms with E-state index >= 15 is 0 Å². The Morgan fingerprint density at radius 3 is 2.55 bits per heavy atom. The van der Waals surface area contributed by atoms with Crippen LogP contribution in [0.1, 0.15) is 18.6 Å². The highest BCUT2D eigenvalue weighted by molar-refractivity contribution is 5.42. The van der Waals surface area contributed by atoms with Gasteiger partial charge in [-0.25, -0.2) is 0 Å². The number of hydrogen-bond donors (Lipinski definition) is 1. The molecular formula is C9H11NO. The van der Waals surface area contributed by atoms with E-state index in [0.717, 1.165) is 12.0 Å². The van der Waals surface area contributed by atoms with Crippen molar-refractivity contribution >= 4 is 6.40 Å². The fourth-order valence-corrected chi connectivity index (χ4v) is 0.905. The molecule has 58 valence electrons. The maximum Gasteiger partial charge on any atom is 0.167 e. The van der Waals surface area contributed by atoms with Crippen molar-refractivity contribution in [1.29, 1.82) is 5.41 Å². The number of hydrogen-bond acceptors (Lipinski definition) is 2. The molecule has 0 saturated carbocycles. The van der Waals surface area contributed by atoms with Gasteiger partial charge in [-0.2, -0.15) is 0 Å². The molecule has 0 heterocycles. The second kappa shape index (κ2) is 3.76. The predicted octanol–water partition coefficient (Wildman–Crippen LogP) is 2.37. The molecule has 2 heteroatoms. The average molecular weight is 149 g/mol. The largest absolute Gasteiger partial charge is 0.476 e. The Bertz CT molecular complexity index is 220. The van der Waals surface area contributed by atoms with E-state index in [1.165, 1.54) is 0 Å². The Morgan fingerprint density at radius 2 is 2.00 bits per heavy atom. The number of benzene rings is 1. The smallest absolute Gasteiger partial charge is 0.167 e. The number of rotatable bonds is 3. The highest BCUT2D eigenvalue weighted by atomic mass is 16.5. The maximum absolute atomic E-state index is 6.74. The summed E-state index contributed by atoms with van der Waals surface area (Å²) in [5.41, 5.74) is 1.09. The highest BCUT2D eigenvalue weighted by Gasteiger charge is 2.01. The minimum atomic E-state index is -0.0197. The van der Waals surface area contributed by atoms with Crippen LogP contribution in [-0.4, -0.2) is 6.40 Å². The Hall–Kier alpha value is -1.31. The number of ether oxygens (including phenoxy) is 1. The van der Waals surface area contributed by atoms with E-state index in [9.17, 15) is 0 Å². The summed E-state index contributed by atoms with van der Waals surface area (Å²) in [5.74, 6) is 0. The SMILES string of the molecule is CC(OC=N)c1ccccc1. The summed E-state index contributed by atoms with van der Waals surface area (Å²) in [5, 5.41) is 6.74. The quantitative estimate of drug-likeness (QED) is 0.519. The summed E-state index contributed by atoms with van der Waals surface area (Å²) in [7, 11) is 0. The van der Waals surface area contributed by atoms with Gasteiger partial charge in [-0.05, 0) is 12.5 Å². The van der Waals surface area contributed by atoms with Crippen molar-refractivity contribution in [3.8, 4) is 0 Å². The Morgan fingerprint density at radius 1 is 1.36 bits per heavy atom. The van der Waals surface area contributed by atoms with Gasteiger partial charge in [0.15, 0.2) is 6.40 Å². The van der Waals surface area contributed by atoms with Crippen LogP contribution in [0.3, 0.4) is 0 Å². The van der Waals surface area contributed by atoms with Crippen molar-refractivity contribution in [1.82, 2.24) is 0 Å². The maximum atomic E-state index is 6.74. The first-order valence-corrected chi connectivity index (χ1v) is 3.54. The minimum Gasteiger partial charge on any atom is -0.476 e. The summed E-state index contributed by atoms with van der Waals surface area (Å²) in [4.78, 5) is 0. The van der Waals surface area contributed by atoms with E-state index in [1.54, 1.807) is 0 Å². The van der Waals surface area contributed by atoms with Crippen LogP contribution in [0.5, 0.6) is 0 Å². The van der Waals surface area contributed by atoms with Crippen LogP contribution >= 0.6 is 0 Å². The van der Waals surface area contributed by atoms with Gasteiger partial charge in [0.25, 0.3) is 0 Å². The van der Waals surface area contributed by atoms with E-state index in [2.05, 4.69) is 0 Å². The standard InChI is InChI=1S/C9H11NO/c1-8(11-7-10)9-5-3-2-4-6-9/h2-8,10H,1H3. The molecule has 1 rings (SSSR count). The van der Waals surface area contributed by atoms with Crippen LogP contribution in [0, 0.1) is 5.41 Å². The summed E-state index contributed by atoms with van der Waals surface area (Å²) >= 11 is 0. The fourth-order valence-electron chi connectivity index (χ4n) is 0.905. The lowest BCUT2D eigenvalue weighted by Gasteiger charge is -2.09. The molecule has 1 unspecified atom stereocenters. The van der Waals surface area contributed by atoms with Crippen molar-refractivity contribution in [2.75, 3.05) is 0 Å². The fraction of sp³-hybridized carbons (Fsp3) is 0.222. The van der Waals surface area contributed by atoms with Crippen LogP contribution in [0.15, 0.2) is 30.3 Å². The predicted molar refractivity (Wildman–Crippen MR) is 44.7 cm³/mol. The second-order valence-corrected chi connectivity index (χ2v) is 2.31. The molecule has 0 fully saturated rings. The molecule has 0 aliphatic carbocycles. The molecule has 0 saturated heterocycles. The van der Waals surface area contributed by atoms with Crippen LogP contribution in [0.25, 0.3) is 0 Å². The van der Waals surface area contributed by atoms with E-state index < -0.39 is 0 Å². The van der Waals surface area contributed by atoms with Gasteiger partial charge in [-0.1, -0.05) is 30.3 Å². The van der Waals surface area contributed by atoms with Gasteiger partial charge in [0, 0.05) is 0 Å². The lowest BCUT2D eigenvalue weighted by atomic mass is 10.1. The molecule has 0 radical (unpaired) electrons. The van der Waals surface area contributed by atoms with Gasteiger partial charge >= 0.3 is 0 Å². The van der Waals surface area contributed by atoms with E-state index in [4.69, 9.17) is 10.1 Å². The Balaban J connectivity index is 2.68. The van der Waals surface area contributed by atoms with Crippen LogP contribution in [0.4, 0.5) is 0 Å². The first kappa shape index (κ1) is 7.79. The molecule has 2 nitrogen and oxygen atoms in total. The minimum absolute atomic E-state index is 0.0197. The molecule has 0 spiro atoms. The molecule has 11 heavy (non-hydrogen) atoms. The molecule has 1 aromatic carbocycles. The summed E-state index contributed by atoms with van der Waals surface area (Å²) in [6, 6.07) is 9.83.